The number of hydrogen-bond donors (Lipinski definition) is 3. The van der Waals surface area contributed by atoms with Gasteiger partial charge in [-0.15, -0.1) is 0 Å². The van der Waals surface area contributed by atoms with Gasteiger partial charge in [-0.3, -0.25) is 0 Å². The number of nitrogens with one attached hydrogen (secondary N) is 2. The highest BCUT2D eigenvalue weighted by Crippen LogP contribution is 2.42. The molecule has 2 aromatic rings. The molecule has 20 heavy (non-hydrogen) atoms. The largest absolute Gasteiger partial charge is 0.361 e. The molecule has 1 aliphatic heterocycles. The SMILES string of the molecule is CCC(N)C1CN[C@@H]2Cc3c[nH]c4cccc(c34)[C@H]2C1. The Bertz CT molecular complexity index is 630. The smallest absolute Gasteiger partial charge is 0.0459 e. The molecular weight excluding hydrogens is 246 g/mol. The summed E-state index contributed by atoms with van der Waals surface area (Å²) >= 11 is 0. The van der Waals surface area contributed by atoms with Gasteiger partial charge in [-0.25, -0.2) is 0 Å². The van der Waals surface area contributed by atoms with Crippen LogP contribution >= 0.6 is 0 Å². The second-order valence-electron chi connectivity index (χ2n) is 6.48. The second kappa shape index (κ2) is 4.61. The average Bonchev–Trinajstić information content (AvgIpc) is 2.91. The fourth-order valence-corrected chi connectivity index (χ4v) is 4.23. The van der Waals surface area contributed by atoms with Gasteiger partial charge in [-0.1, -0.05) is 19.1 Å². The van der Waals surface area contributed by atoms with E-state index in [9.17, 15) is 0 Å². The summed E-state index contributed by atoms with van der Waals surface area (Å²) in [6, 6.07) is 7.61. The molecule has 0 saturated carbocycles. The molecule has 2 aliphatic rings. The molecule has 0 radical (unpaired) electrons. The molecule has 106 valence electrons. The predicted molar refractivity (Wildman–Crippen MR) is 82.9 cm³/mol. The Balaban J connectivity index is 1.75. The second-order valence-corrected chi connectivity index (χ2v) is 6.48. The van der Waals surface area contributed by atoms with Gasteiger partial charge in [0, 0.05) is 35.1 Å². The molecule has 1 aromatic heterocycles. The number of benzene rings is 1. The number of aromatic nitrogens is 1. The summed E-state index contributed by atoms with van der Waals surface area (Å²) in [6.45, 7) is 3.27. The Labute approximate surface area is 119 Å². The van der Waals surface area contributed by atoms with Crippen molar-refractivity contribution in [3.8, 4) is 0 Å². The van der Waals surface area contributed by atoms with Crippen LogP contribution in [-0.2, 0) is 6.42 Å². The van der Waals surface area contributed by atoms with Crippen LogP contribution in [0.5, 0.6) is 0 Å². The average molecular weight is 269 g/mol. The highest BCUT2D eigenvalue weighted by atomic mass is 15.0. The molecule has 3 nitrogen and oxygen atoms in total. The van der Waals surface area contributed by atoms with Crippen LogP contribution in [0, 0.1) is 5.92 Å². The van der Waals surface area contributed by atoms with Crippen molar-refractivity contribution in [3.05, 3.63) is 35.5 Å². The van der Waals surface area contributed by atoms with Crippen LogP contribution in [0.15, 0.2) is 24.4 Å². The lowest BCUT2D eigenvalue weighted by atomic mass is 9.72. The molecule has 3 heteroatoms. The van der Waals surface area contributed by atoms with Crippen molar-refractivity contribution in [1.82, 2.24) is 10.3 Å². The minimum Gasteiger partial charge on any atom is -0.361 e. The Morgan fingerprint density at radius 1 is 1.40 bits per heavy atom. The third-order valence-corrected chi connectivity index (χ3v) is 5.42. The van der Waals surface area contributed by atoms with Crippen LogP contribution < -0.4 is 11.1 Å². The summed E-state index contributed by atoms with van der Waals surface area (Å²) in [5, 5.41) is 5.24. The minimum absolute atomic E-state index is 0.329. The van der Waals surface area contributed by atoms with E-state index in [1.165, 1.54) is 28.5 Å². The summed E-state index contributed by atoms with van der Waals surface area (Å²) in [5.74, 6) is 1.23. The van der Waals surface area contributed by atoms with Crippen molar-refractivity contribution in [3.63, 3.8) is 0 Å². The van der Waals surface area contributed by atoms with Gasteiger partial charge >= 0.3 is 0 Å². The summed E-state index contributed by atoms with van der Waals surface area (Å²) in [7, 11) is 0. The van der Waals surface area contributed by atoms with Crippen molar-refractivity contribution in [2.45, 2.75) is 44.2 Å². The van der Waals surface area contributed by atoms with E-state index >= 15 is 0 Å². The molecule has 2 heterocycles. The number of aromatic amines is 1. The molecule has 4 rings (SSSR count). The third kappa shape index (κ3) is 1.73. The van der Waals surface area contributed by atoms with E-state index in [-0.39, 0.29) is 0 Å². The number of H-pyrrole nitrogens is 1. The normalized spacial score (nSPS) is 30.2. The van der Waals surface area contributed by atoms with E-state index < -0.39 is 0 Å². The zero-order valence-electron chi connectivity index (χ0n) is 12.0. The Kier molecular flexibility index (Phi) is 2.86. The zero-order chi connectivity index (χ0) is 13.7. The topological polar surface area (TPSA) is 53.8 Å². The summed E-state index contributed by atoms with van der Waals surface area (Å²) in [6.07, 6.45) is 5.64. The summed E-state index contributed by atoms with van der Waals surface area (Å²) in [4.78, 5) is 3.42. The van der Waals surface area contributed by atoms with Gasteiger partial charge in [0.15, 0.2) is 0 Å². The van der Waals surface area contributed by atoms with Crippen molar-refractivity contribution in [2.75, 3.05) is 6.54 Å². The fraction of sp³-hybridized carbons (Fsp3) is 0.529. The highest BCUT2D eigenvalue weighted by molar-refractivity contribution is 5.88. The Morgan fingerprint density at radius 2 is 2.30 bits per heavy atom. The van der Waals surface area contributed by atoms with E-state index in [0.717, 1.165) is 19.4 Å². The van der Waals surface area contributed by atoms with Gasteiger partial charge < -0.3 is 16.0 Å². The van der Waals surface area contributed by atoms with Crippen LogP contribution in [0.2, 0.25) is 0 Å². The Hall–Kier alpha value is -1.32. The number of fused-ring (bicyclic) bond motifs is 2. The number of piperidine rings is 1. The fourth-order valence-electron chi connectivity index (χ4n) is 4.23. The monoisotopic (exact) mass is 269 g/mol. The molecule has 1 fully saturated rings. The zero-order valence-corrected chi connectivity index (χ0v) is 12.0. The van der Waals surface area contributed by atoms with Crippen LogP contribution in [0.1, 0.15) is 36.8 Å². The molecule has 0 bridgehead atoms. The Morgan fingerprint density at radius 3 is 3.15 bits per heavy atom. The van der Waals surface area contributed by atoms with Crippen LogP contribution in [0.25, 0.3) is 10.9 Å². The van der Waals surface area contributed by atoms with Gasteiger partial charge in [0.25, 0.3) is 0 Å². The summed E-state index contributed by atoms with van der Waals surface area (Å²) < 4.78 is 0. The molecule has 2 unspecified atom stereocenters. The molecule has 1 aromatic carbocycles. The number of hydrogen-bond acceptors (Lipinski definition) is 2. The molecule has 0 spiro atoms. The number of nitrogens with two attached hydrogens (primary N) is 1. The third-order valence-electron chi connectivity index (χ3n) is 5.42. The van der Waals surface area contributed by atoms with Crippen molar-refractivity contribution >= 4 is 10.9 Å². The van der Waals surface area contributed by atoms with Gasteiger partial charge in [0.05, 0.1) is 0 Å². The molecule has 1 aliphatic carbocycles. The van der Waals surface area contributed by atoms with E-state index in [0.29, 0.717) is 23.9 Å². The lowest BCUT2D eigenvalue weighted by Crippen LogP contribution is -2.51. The maximum Gasteiger partial charge on any atom is 0.0459 e. The maximum absolute atomic E-state index is 6.30. The molecular formula is C17H23N3. The lowest BCUT2D eigenvalue weighted by molar-refractivity contribution is 0.236. The molecule has 0 amide bonds. The standard InChI is InChI=1S/C17H23N3/c1-2-14(18)10-6-13-12-4-3-5-15-17(12)11(9-19-15)7-16(13)20-8-10/h3-5,9-10,13-14,16,19-20H,2,6-8,18H2,1H3/t10?,13-,14?,16-/m1/s1. The first-order valence-electron chi connectivity index (χ1n) is 7.85. The first kappa shape index (κ1) is 12.4. The van der Waals surface area contributed by atoms with E-state index in [2.05, 4.69) is 41.6 Å². The van der Waals surface area contributed by atoms with Crippen molar-refractivity contribution in [2.24, 2.45) is 11.7 Å². The maximum atomic E-state index is 6.30. The van der Waals surface area contributed by atoms with Crippen molar-refractivity contribution in [1.29, 1.82) is 0 Å². The summed E-state index contributed by atoms with van der Waals surface area (Å²) in [5.41, 5.74) is 10.6. The van der Waals surface area contributed by atoms with Gasteiger partial charge in [0.2, 0.25) is 0 Å². The van der Waals surface area contributed by atoms with Gasteiger partial charge in [-0.2, -0.15) is 0 Å². The molecule has 1 saturated heterocycles. The predicted octanol–water partition coefficient (Wildman–Crippen LogP) is 2.52. The van der Waals surface area contributed by atoms with E-state index in [4.69, 9.17) is 5.73 Å². The van der Waals surface area contributed by atoms with Crippen LogP contribution in [0.4, 0.5) is 0 Å². The minimum atomic E-state index is 0.329. The van der Waals surface area contributed by atoms with Crippen molar-refractivity contribution < 1.29 is 0 Å². The van der Waals surface area contributed by atoms with Gasteiger partial charge in [-0.05, 0) is 48.9 Å². The molecule has 4 N–H and O–H groups in total. The van der Waals surface area contributed by atoms with Crippen LogP contribution in [-0.4, -0.2) is 23.6 Å². The highest BCUT2D eigenvalue weighted by Gasteiger charge is 2.37. The number of rotatable bonds is 2. The first-order chi connectivity index (χ1) is 9.78. The van der Waals surface area contributed by atoms with Gasteiger partial charge in [0.1, 0.15) is 0 Å². The van der Waals surface area contributed by atoms with E-state index in [1.807, 2.05) is 0 Å². The lowest BCUT2D eigenvalue weighted by Gasteiger charge is -2.42. The van der Waals surface area contributed by atoms with Crippen LogP contribution in [0.3, 0.4) is 0 Å². The first-order valence-corrected chi connectivity index (χ1v) is 7.85. The quantitative estimate of drug-likeness (QED) is 0.784. The molecule has 4 atom stereocenters. The van der Waals surface area contributed by atoms with E-state index in [1.54, 1.807) is 0 Å².